The molecule has 2 rings (SSSR count). The van der Waals surface area contributed by atoms with E-state index in [1.165, 1.54) is 31.2 Å². The van der Waals surface area contributed by atoms with E-state index in [9.17, 15) is 0 Å². The Balaban J connectivity index is 1.98. The Labute approximate surface area is 123 Å². The molecule has 0 amide bonds. The van der Waals surface area contributed by atoms with Gasteiger partial charge in [0, 0.05) is 19.1 Å². The van der Waals surface area contributed by atoms with Gasteiger partial charge in [-0.2, -0.15) is 0 Å². The molecular formula is C17H28N2O. The van der Waals surface area contributed by atoms with Crippen LogP contribution in [-0.4, -0.2) is 31.6 Å². The molecule has 1 aromatic rings. The van der Waals surface area contributed by atoms with Gasteiger partial charge in [-0.15, -0.1) is 0 Å². The Bertz CT molecular complexity index is 384. The van der Waals surface area contributed by atoms with Crippen LogP contribution in [0, 0.1) is 5.92 Å². The van der Waals surface area contributed by atoms with Crippen LogP contribution in [0.15, 0.2) is 24.3 Å². The van der Waals surface area contributed by atoms with Crippen LogP contribution >= 0.6 is 0 Å². The van der Waals surface area contributed by atoms with E-state index < -0.39 is 0 Å². The van der Waals surface area contributed by atoms with Crippen LogP contribution in [0.4, 0.5) is 0 Å². The van der Waals surface area contributed by atoms with Crippen molar-refractivity contribution in [2.45, 2.75) is 38.6 Å². The van der Waals surface area contributed by atoms with Gasteiger partial charge in [-0.05, 0) is 50.4 Å². The minimum atomic E-state index is 0.311. The zero-order chi connectivity index (χ0) is 14.4. The summed E-state index contributed by atoms with van der Waals surface area (Å²) in [6.45, 7) is 4.54. The van der Waals surface area contributed by atoms with Crippen LogP contribution in [0.3, 0.4) is 0 Å². The third-order valence-corrected chi connectivity index (χ3v) is 4.35. The maximum Gasteiger partial charge on any atom is 0.119 e. The van der Waals surface area contributed by atoms with Crippen LogP contribution in [0.5, 0.6) is 5.75 Å². The fourth-order valence-corrected chi connectivity index (χ4v) is 3.25. The zero-order valence-electron chi connectivity index (χ0n) is 12.8. The van der Waals surface area contributed by atoms with E-state index in [1.54, 1.807) is 0 Å². The molecule has 20 heavy (non-hydrogen) atoms. The minimum Gasteiger partial charge on any atom is -0.494 e. The van der Waals surface area contributed by atoms with Crippen molar-refractivity contribution < 1.29 is 4.74 Å². The Kier molecular flexibility index (Phi) is 5.86. The first-order valence-electron chi connectivity index (χ1n) is 7.87. The minimum absolute atomic E-state index is 0.311. The van der Waals surface area contributed by atoms with Gasteiger partial charge in [0.05, 0.1) is 6.61 Å². The van der Waals surface area contributed by atoms with Gasteiger partial charge in [0.25, 0.3) is 0 Å². The molecule has 0 bridgehead atoms. The molecular weight excluding hydrogens is 248 g/mol. The van der Waals surface area contributed by atoms with Gasteiger partial charge in [-0.3, -0.25) is 4.90 Å². The van der Waals surface area contributed by atoms with Crippen LogP contribution in [-0.2, 0) is 0 Å². The first-order chi connectivity index (χ1) is 9.74. The van der Waals surface area contributed by atoms with Crippen molar-refractivity contribution in [2.24, 2.45) is 11.7 Å². The summed E-state index contributed by atoms with van der Waals surface area (Å²) in [5.41, 5.74) is 7.29. The van der Waals surface area contributed by atoms with Crippen molar-refractivity contribution in [2.75, 3.05) is 26.7 Å². The normalized spacial score (nSPS) is 17.6. The molecule has 0 aliphatic heterocycles. The number of hydrogen-bond donors (Lipinski definition) is 1. The summed E-state index contributed by atoms with van der Waals surface area (Å²) < 4.78 is 5.50. The summed E-state index contributed by atoms with van der Waals surface area (Å²) >= 11 is 0. The second kappa shape index (κ2) is 7.65. The van der Waals surface area contributed by atoms with E-state index in [4.69, 9.17) is 10.5 Å². The highest BCUT2D eigenvalue weighted by Crippen LogP contribution is 2.28. The predicted octanol–water partition coefficient (Wildman–Crippen LogP) is 3.21. The third-order valence-electron chi connectivity index (χ3n) is 4.35. The number of hydrogen-bond acceptors (Lipinski definition) is 3. The molecule has 0 spiro atoms. The van der Waals surface area contributed by atoms with E-state index in [1.807, 2.05) is 19.1 Å². The smallest absolute Gasteiger partial charge is 0.119 e. The first-order valence-corrected chi connectivity index (χ1v) is 7.87. The van der Waals surface area contributed by atoms with Crippen molar-refractivity contribution in [3.8, 4) is 5.75 Å². The molecule has 2 N–H and O–H groups in total. The lowest BCUT2D eigenvalue weighted by atomic mass is 10.0. The average molecular weight is 276 g/mol. The van der Waals surface area contributed by atoms with Gasteiger partial charge in [-0.25, -0.2) is 0 Å². The standard InChI is InChI=1S/C17H28N2O/c1-3-20-16-10-8-15(9-11-16)17(12-18)19(2)13-14-6-4-5-7-14/h8-11,14,17H,3-7,12-13,18H2,1-2H3. The van der Waals surface area contributed by atoms with Gasteiger partial charge in [0.15, 0.2) is 0 Å². The van der Waals surface area contributed by atoms with Crippen molar-refractivity contribution in [1.29, 1.82) is 0 Å². The van der Waals surface area contributed by atoms with Crippen molar-refractivity contribution in [3.63, 3.8) is 0 Å². The highest BCUT2D eigenvalue weighted by atomic mass is 16.5. The molecule has 1 atom stereocenters. The number of likely N-dealkylation sites (N-methyl/N-ethyl adjacent to an activating group) is 1. The largest absolute Gasteiger partial charge is 0.494 e. The van der Waals surface area contributed by atoms with Gasteiger partial charge in [-0.1, -0.05) is 25.0 Å². The molecule has 1 fully saturated rings. The van der Waals surface area contributed by atoms with Crippen LogP contribution < -0.4 is 10.5 Å². The number of rotatable bonds is 7. The molecule has 1 saturated carbocycles. The fraction of sp³-hybridized carbons (Fsp3) is 0.647. The van der Waals surface area contributed by atoms with E-state index in [-0.39, 0.29) is 0 Å². The summed E-state index contributed by atoms with van der Waals surface area (Å²) in [6.07, 6.45) is 5.56. The summed E-state index contributed by atoms with van der Waals surface area (Å²) in [5.74, 6) is 1.79. The maximum absolute atomic E-state index is 6.00. The Morgan fingerprint density at radius 1 is 1.25 bits per heavy atom. The van der Waals surface area contributed by atoms with Crippen molar-refractivity contribution in [3.05, 3.63) is 29.8 Å². The van der Waals surface area contributed by atoms with Crippen LogP contribution in [0.2, 0.25) is 0 Å². The van der Waals surface area contributed by atoms with E-state index in [0.717, 1.165) is 18.2 Å². The third kappa shape index (κ3) is 3.97. The Morgan fingerprint density at radius 2 is 1.90 bits per heavy atom. The summed E-state index contributed by atoms with van der Waals surface area (Å²) in [6, 6.07) is 8.70. The first kappa shape index (κ1) is 15.3. The number of nitrogens with two attached hydrogens (primary N) is 1. The molecule has 1 aliphatic rings. The second-order valence-corrected chi connectivity index (χ2v) is 5.84. The van der Waals surface area contributed by atoms with E-state index >= 15 is 0 Å². The van der Waals surface area contributed by atoms with Crippen LogP contribution in [0.1, 0.15) is 44.2 Å². The number of nitrogens with zero attached hydrogens (tertiary/aromatic N) is 1. The molecule has 3 nitrogen and oxygen atoms in total. The van der Waals surface area contributed by atoms with Gasteiger partial charge >= 0.3 is 0 Å². The molecule has 0 radical (unpaired) electrons. The van der Waals surface area contributed by atoms with Gasteiger partial charge in [0.2, 0.25) is 0 Å². The second-order valence-electron chi connectivity index (χ2n) is 5.84. The monoisotopic (exact) mass is 276 g/mol. The van der Waals surface area contributed by atoms with E-state index in [2.05, 4.69) is 24.1 Å². The topological polar surface area (TPSA) is 38.5 Å². The molecule has 112 valence electrons. The molecule has 1 unspecified atom stereocenters. The lowest BCUT2D eigenvalue weighted by Gasteiger charge is -2.29. The summed E-state index contributed by atoms with van der Waals surface area (Å²) in [7, 11) is 2.20. The number of benzene rings is 1. The maximum atomic E-state index is 6.00. The number of ether oxygens (including phenoxy) is 1. The fourth-order valence-electron chi connectivity index (χ4n) is 3.25. The van der Waals surface area contributed by atoms with Crippen LogP contribution in [0.25, 0.3) is 0 Å². The Hall–Kier alpha value is -1.06. The summed E-state index contributed by atoms with van der Waals surface area (Å²) in [4.78, 5) is 2.42. The highest BCUT2D eigenvalue weighted by molar-refractivity contribution is 5.29. The Morgan fingerprint density at radius 3 is 2.45 bits per heavy atom. The molecule has 0 aromatic heterocycles. The molecule has 1 aliphatic carbocycles. The highest BCUT2D eigenvalue weighted by Gasteiger charge is 2.21. The summed E-state index contributed by atoms with van der Waals surface area (Å²) in [5, 5.41) is 0. The quantitative estimate of drug-likeness (QED) is 0.831. The van der Waals surface area contributed by atoms with Gasteiger partial charge < -0.3 is 10.5 Å². The lowest BCUT2D eigenvalue weighted by molar-refractivity contribution is 0.212. The molecule has 0 heterocycles. The molecule has 0 saturated heterocycles. The van der Waals surface area contributed by atoms with E-state index in [0.29, 0.717) is 19.2 Å². The van der Waals surface area contributed by atoms with Crippen molar-refractivity contribution >= 4 is 0 Å². The lowest BCUT2D eigenvalue weighted by Crippen LogP contribution is -2.33. The molecule has 3 heteroatoms. The molecule has 1 aromatic carbocycles. The average Bonchev–Trinajstić information content (AvgIpc) is 2.95. The van der Waals surface area contributed by atoms with Gasteiger partial charge in [0.1, 0.15) is 5.75 Å². The zero-order valence-corrected chi connectivity index (χ0v) is 12.8. The predicted molar refractivity (Wildman–Crippen MR) is 84.0 cm³/mol. The van der Waals surface area contributed by atoms with Crippen molar-refractivity contribution in [1.82, 2.24) is 4.90 Å². The SMILES string of the molecule is CCOc1ccc(C(CN)N(C)CC2CCCC2)cc1.